The second-order valence-electron chi connectivity index (χ2n) is 8.12. The van der Waals surface area contributed by atoms with Crippen molar-refractivity contribution in [1.29, 1.82) is 0 Å². The first kappa shape index (κ1) is 22.8. The van der Waals surface area contributed by atoms with Crippen LogP contribution in [0.15, 0.2) is 41.3 Å². The third-order valence-corrected chi connectivity index (χ3v) is 8.57. The molecule has 0 aliphatic heterocycles. The summed E-state index contributed by atoms with van der Waals surface area (Å²) in [7, 11) is -3.29. The van der Waals surface area contributed by atoms with Crippen molar-refractivity contribution in [1.82, 2.24) is 4.98 Å². The first-order valence-electron chi connectivity index (χ1n) is 10.6. The summed E-state index contributed by atoms with van der Waals surface area (Å²) >= 11 is 1.32. The SMILES string of the molecule is CCS(=O)(=O)c1ccc(C(CC2CC2)C(=O)Nc2nc3cc(CO)c(CO)cc3s2)cc1. The van der Waals surface area contributed by atoms with Gasteiger partial charge in [0, 0.05) is 0 Å². The molecule has 2 aromatic carbocycles. The summed E-state index contributed by atoms with van der Waals surface area (Å²) in [5, 5.41) is 22.4. The van der Waals surface area contributed by atoms with Crippen LogP contribution in [0.1, 0.15) is 48.8 Å². The Balaban J connectivity index is 1.58. The number of nitrogens with zero attached hydrogens (tertiary/aromatic N) is 1. The molecule has 1 fully saturated rings. The van der Waals surface area contributed by atoms with Crippen molar-refractivity contribution in [2.75, 3.05) is 11.1 Å². The quantitative estimate of drug-likeness (QED) is 0.436. The average Bonchev–Trinajstić information content (AvgIpc) is 3.54. The van der Waals surface area contributed by atoms with Crippen LogP contribution < -0.4 is 5.32 Å². The van der Waals surface area contributed by atoms with Crippen LogP contribution in [-0.4, -0.2) is 35.3 Å². The Morgan fingerprint density at radius 1 is 1.16 bits per heavy atom. The topological polar surface area (TPSA) is 117 Å². The molecule has 0 bridgehead atoms. The minimum absolute atomic E-state index is 0.0337. The minimum atomic E-state index is -3.29. The number of carbonyl (C=O) groups is 1. The number of hydrogen-bond acceptors (Lipinski definition) is 7. The van der Waals surface area contributed by atoms with Gasteiger partial charge in [-0.25, -0.2) is 13.4 Å². The van der Waals surface area contributed by atoms with E-state index in [1.807, 2.05) is 0 Å². The summed E-state index contributed by atoms with van der Waals surface area (Å²) in [5.74, 6) is -0.0357. The van der Waals surface area contributed by atoms with Crippen LogP contribution in [-0.2, 0) is 27.8 Å². The van der Waals surface area contributed by atoms with Crippen molar-refractivity contribution >= 4 is 42.4 Å². The first-order chi connectivity index (χ1) is 15.3. The molecule has 1 heterocycles. The number of nitrogens with one attached hydrogen (secondary N) is 1. The fourth-order valence-corrected chi connectivity index (χ4v) is 5.55. The predicted octanol–water partition coefficient (Wildman–Crippen LogP) is 3.60. The van der Waals surface area contributed by atoms with E-state index in [0.717, 1.165) is 23.1 Å². The molecule has 1 unspecified atom stereocenters. The molecule has 1 aliphatic rings. The molecule has 1 saturated carbocycles. The van der Waals surface area contributed by atoms with Crippen LogP contribution >= 0.6 is 11.3 Å². The Hall–Kier alpha value is -2.33. The van der Waals surface area contributed by atoms with E-state index in [0.29, 0.717) is 34.1 Å². The number of amides is 1. The van der Waals surface area contributed by atoms with Gasteiger partial charge in [-0.2, -0.15) is 0 Å². The molecule has 1 aliphatic carbocycles. The molecule has 32 heavy (non-hydrogen) atoms. The van der Waals surface area contributed by atoms with E-state index < -0.39 is 15.8 Å². The molecular weight excluding hydrogens is 448 g/mol. The molecule has 7 nitrogen and oxygen atoms in total. The smallest absolute Gasteiger partial charge is 0.233 e. The number of thiazole rings is 1. The molecule has 3 aromatic rings. The van der Waals surface area contributed by atoms with Gasteiger partial charge in [-0.15, -0.1) is 0 Å². The Morgan fingerprint density at radius 3 is 2.41 bits per heavy atom. The van der Waals surface area contributed by atoms with Crippen molar-refractivity contribution in [3.63, 3.8) is 0 Å². The van der Waals surface area contributed by atoms with Crippen molar-refractivity contribution < 1.29 is 23.4 Å². The molecule has 1 amide bonds. The maximum Gasteiger partial charge on any atom is 0.233 e. The zero-order chi connectivity index (χ0) is 22.9. The number of aromatic nitrogens is 1. The minimum Gasteiger partial charge on any atom is -0.392 e. The van der Waals surface area contributed by atoms with Gasteiger partial charge in [0.25, 0.3) is 0 Å². The maximum atomic E-state index is 13.2. The van der Waals surface area contributed by atoms with E-state index in [-0.39, 0.29) is 29.8 Å². The van der Waals surface area contributed by atoms with Gasteiger partial charge in [-0.05, 0) is 53.3 Å². The van der Waals surface area contributed by atoms with Crippen LogP contribution in [0.2, 0.25) is 0 Å². The highest BCUT2D eigenvalue weighted by molar-refractivity contribution is 7.91. The summed E-state index contributed by atoms with van der Waals surface area (Å²) in [5.41, 5.74) is 2.68. The fourth-order valence-electron chi connectivity index (χ4n) is 3.76. The van der Waals surface area contributed by atoms with Gasteiger partial charge in [-0.3, -0.25) is 4.79 Å². The van der Waals surface area contributed by atoms with Gasteiger partial charge in [0.1, 0.15) is 0 Å². The third kappa shape index (κ3) is 4.85. The van der Waals surface area contributed by atoms with Gasteiger partial charge < -0.3 is 15.5 Å². The van der Waals surface area contributed by atoms with Crippen LogP contribution in [0, 0.1) is 5.92 Å². The van der Waals surface area contributed by atoms with E-state index in [9.17, 15) is 23.4 Å². The number of carbonyl (C=O) groups excluding carboxylic acids is 1. The van der Waals surface area contributed by atoms with Crippen LogP contribution in [0.4, 0.5) is 5.13 Å². The monoisotopic (exact) mass is 474 g/mol. The molecule has 1 aromatic heterocycles. The van der Waals surface area contributed by atoms with Crippen molar-refractivity contribution in [3.05, 3.63) is 53.1 Å². The van der Waals surface area contributed by atoms with Crippen LogP contribution in [0.5, 0.6) is 0 Å². The Morgan fingerprint density at radius 2 is 1.81 bits per heavy atom. The lowest BCUT2D eigenvalue weighted by molar-refractivity contribution is -0.117. The van der Waals surface area contributed by atoms with Crippen molar-refractivity contribution in [2.24, 2.45) is 5.92 Å². The molecule has 4 rings (SSSR count). The van der Waals surface area contributed by atoms with Gasteiger partial charge in [0.05, 0.1) is 40.0 Å². The predicted molar refractivity (Wildman–Crippen MR) is 124 cm³/mol. The highest BCUT2D eigenvalue weighted by atomic mass is 32.2. The molecule has 0 saturated heterocycles. The Labute approximate surface area is 191 Å². The molecular formula is C23H26N2O5S2. The van der Waals surface area contributed by atoms with E-state index in [4.69, 9.17) is 0 Å². The number of rotatable bonds is 9. The summed E-state index contributed by atoms with van der Waals surface area (Å²) < 4.78 is 25.0. The van der Waals surface area contributed by atoms with Crippen LogP contribution in [0.25, 0.3) is 10.2 Å². The summed E-state index contributed by atoms with van der Waals surface area (Å²) in [4.78, 5) is 17.9. The molecule has 170 valence electrons. The lowest BCUT2D eigenvalue weighted by atomic mass is 9.92. The second-order valence-corrected chi connectivity index (χ2v) is 11.4. The lowest BCUT2D eigenvalue weighted by Crippen LogP contribution is -2.21. The second kappa shape index (κ2) is 9.27. The molecule has 0 spiro atoms. The van der Waals surface area contributed by atoms with Crippen LogP contribution in [0.3, 0.4) is 0 Å². The number of sulfone groups is 1. The number of aliphatic hydroxyl groups is 2. The highest BCUT2D eigenvalue weighted by Gasteiger charge is 2.31. The van der Waals surface area contributed by atoms with Crippen molar-refractivity contribution in [2.45, 2.75) is 50.2 Å². The lowest BCUT2D eigenvalue weighted by Gasteiger charge is -2.16. The number of fused-ring (bicyclic) bond motifs is 1. The Bertz CT molecular complexity index is 1190. The third-order valence-electron chi connectivity index (χ3n) is 5.88. The standard InChI is InChI=1S/C23H26N2O5S2/c1-2-32(29,30)18-7-5-15(6-8-18)19(9-14-3-4-14)22(28)25-23-24-20-10-16(12-26)17(13-27)11-21(20)31-23/h5-8,10-11,14,19,26-27H,2-4,9,12-13H2,1H3,(H,24,25,28). The van der Waals surface area contributed by atoms with E-state index in [1.165, 1.54) is 11.3 Å². The van der Waals surface area contributed by atoms with Gasteiger partial charge in [0.15, 0.2) is 15.0 Å². The number of aliphatic hydroxyl groups excluding tert-OH is 2. The number of anilines is 1. The zero-order valence-corrected chi connectivity index (χ0v) is 19.4. The van der Waals surface area contributed by atoms with Gasteiger partial charge in [0.2, 0.25) is 5.91 Å². The van der Waals surface area contributed by atoms with E-state index >= 15 is 0 Å². The largest absolute Gasteiger partial charge is 0.392 e. The first-order valence-corrected chi connectivity index (χ1v) is 13.1. The fraction of sp³-hybridized carbons (Fsp3) is 0.391. The van der Waals surface area contributed by atoms with Gasteiger partial charge >= 0.3 is 0 Å². The molecule has 0 radical (unpaired) electrons. The normalized spacial score (nSPS) is 15.1. The summed E-state index contributed by atoms with van der Waals surface area (Å²) in [6.07, 6.45) is 2.90. The average molecular weight is 475 g/mol. The molecule has 1 atom stereocenters. The number of hydrogen-bond donors (Lipinski definition) is 3. The summed E-state index contributed by atoms with van der Waals surface area (Å²) in [6.45, 7) is 1.23. The number of benzene rings is 2. The van der Waals surface area contributed by atoms with E-state index in [1.54, 1.807) is 43.3 Å². The maximum absolute atomic E-state index is 13.2. The Kier molecular flexibility index (Phi) is 6.62. The van der Waals surface area contributed by atoms with Crippen molar-refractivity contribution in [3.8, 4) is 0 Å². The summed E-state index contributed by atoms with van der Waals surface area (Å²) in [6, 6.07) is 10.1. The molecule has 9 heteroatoms. The van der Waals surface area contributed by atoms with Gasteiger partial charge in [-0.1, -0.05) is 43.2 Å². The molecule has 3 N–H and O–H groups in total. The zero-order valence-electron chi connectivity index (χ0n) is 17.7. The van der Waals surface area contributed by atoms with E-state index in [2.05, 4.69) is 10.3 Å². The highest BCUT2D eigenvalue weighted by Crippen LogP contribution is 2.39.